The molecule has 1 heterocycles. The number of halogens is 1. The van der Waals surface area contributed by atoms with Gasteiger partial charge < -0.3 is 9.88 Å². The second kappa shape index (κ2) is 6.76. The van der Waals surface area contributed by atoms with E-state index in [9.17, 15) is 0 Å². The molecule has 1 N–H and O–H groups in total. The van der Waals surface area contributed by atoms with E-state index >= 15 is 0 Å². The maximum absolute atomic E-state index is 3.51. The molecule has 0 fully saturated rings. The Hall–Kier alpha value is -1.06. The van der Waals surface area contributed by atoms with Crippen LogP contribution in [0.25, 0.3) is 0 Å². The van der Waals surface area contributed by atoms with Crippen molar-refractivity contribution in [2.45, 2.75) is 26.4 Å². The lowest BCUT2D eigenvalue weighted by molar-refractivity contribution is 0.630. The van der Waals surface area contributed by atoms with Crippen molar-refractivity contribution in [3.63, 3.8) is 0 Å². The molecule has 96 valence electrons. The van der Waals surface area contributed by atoms with Crippen molar-refractivity contribution >= 4 is 15.9 Å². The number of benzene rings is 1. The molecule has 0 amide bonds. The summed E-state index contributed by atoms with van der Waals surface area (Å²) >= 11 is 3.51. The van der Waals surface area contributed by atoms with Gasteiger partial charge in [-0.05, 0) is 42.8 Å². The van der Waals surface area contributed by atoms with E-state index in [1.165, 1.54) is 17.7 Å². The number of nitrogens with one attached hydrogen (secondary N) is 1. The smallest absolute Gasteiger partial charge is 0.0473 e. The van der Waals surface area contributed by atoms with Crippen LogP contribution in [0.5, 0.6) is 0 Å². The topological polar surface area (TPSA) is 17.0 Å². The number of hydrogen-bond donors (Lipinski definition) is 1. The molecule has 0 aliphatic carbocycles. The van der Waals surface area contributed by atoms with Gasteiger partial charge in [-0.3, -0.25) is 0 Å². The van der Waals surface area contributed by atoms with Crippen molar-refractivity contribution in [1.82, 2.24) is 9.88 Å². The molecule has 0 saturated heterocycles. The monoisotopic (exact) mass is 306 g/mol. The highest BCUT2D eigenvalue weighted by Crippen LogP contribution is 2.14. The first-order valence-electron chi connectivity index (χ1n) is 6.39. The zero-order valence-corrected chi connectivity index (χ0v) is 12.3. The molecule has 0 radical (unpaired) electrons. The van der Waals surface area contributed by atoms with Gasteiger partial charge >= 0.3 is 0 Å². The van der Waals surface area contributed by atoms with Gasteiger partial charge in [-0.15, -0.1) is 0 Å². The molecule has 0 aliphatic heterocycles. The fourth-order valence-electron chi connectivity index (χ4n) is 1.99. The molecule has 0 unspecified atom stereocenters. The molecule has 2 rings (SSSR count). The summed E-state index contributed by atoms with van der Waals surface area (Å²) in [5.41, 5.74) is 2.65. The Labute approximate surface area is 117 Å². The first-order valence-corrected chi connectivity index (χ1v) is 7.18. The first-order chi connectivity index (χ1) is 8.79. The van der Waals surface area contributed by atoms with Crippen LogP contribution in [-0.2, 0) is 13.1 Å². The Kier molecular flexibility index (Phi) is 5.02. The van der Waals surface area contributed by atoms with E-state index in [2.05, 4.69) is 75.3 Å². The fraction of sp³-hybridized carbons (Fsp3) is 0.333. The van der Waals surface area contributed by atoms with E-state index < -0.39 is 0 Å². The molecule has 0 spiro atoms. The van der Waals surface area contributed by atoms with Crippen molar-refractivity contribution in [2.75, 3.05) is 6.54 Å². The zero-order chi connectivity index (χ0) is 12.8. The molecular formula is C15H19BrN2. The number of nitrogens with zero attached hydrogens (tertiary/aromatic N) is 1. The lowest BCUT2D eigenvalue weighted by Gasteiger charge is -2.10. The minimum atomic E-state index is 0.926. The molecule has 0 saturated carbocycles. The Morgan fingerprint density at radius 3 is 2.89 bits per heavy atom. The van der Waals surface area contributed by atoms with Crippen LogP contribution in [0.2, 0.25) is 0 Å². The summed E-state index contributed by atoms with van der Waals surface area (Å²) in [6.07, 6.45) is 3.32. The fourth-order valence-corrected chi connectivity index (χ4v) is 2.44. The molecule has 18 heavy (non-hydrogen) atoms. The second-order valence-electron chi connectivity index (χ2n) is 4.43. The Bertz CT molecular complexity index is 491. The van der Waals surface area contributed by atoms with E-state index in [4.69, 9.17) is 0 Å². The van der Waals surface area contributed by atoms with Crippen LogP contribution in [-0.4, -0.2) is 11.1 Å². The second-order valence-corrected chi connectivity index (χ2v) is 5.35. The Balaban J connectivity index is 2.03. The van der Waals surface area contributed by atoms with E-state index in [1.54, 1.807) is 0 Å². The van der Waals surface area contributed by atoms with Crippen molar-refractivity contribution in [3.05, 3.63) is 58.3 Å². The molecule has 1 aromatic heterocycles. The van der Waals surface area contributed by atoms with Gasteiger partial charge in [-0.1, -0.05) is 35.0 Å². The van der Waals surface area contributed by atoms with Crippen LogP contribution in [0, 0.1) is 0 Å². The Morgan fingerprint density at radius 2 is 2.11 bits per heavy atom. The van der Waals surface area contributed by atoms with Gasteiger partial charge in [0.2, 0.25) is 0 Å². The summed E-state index contributed by atoms with van der Waals surface area (Å²) in [6.45, 7) is 5.13. The SMILES string of the molecule is CCCNCc1cccn1Cc1cccc(Br)c1. The summed E-state index contributed by atoms with van der Waals surface area (Å²) in [6, 6.07) is 12.8. The largest absolute Gasteiger partial charge is 0.346 e. The lowest BCUT2D eigenvalue weighted by Crippen LogP contribution is -2.16. The van der Waals surface area contributed by atoms with Gasteiger partial charge in [0.25, 0.3) is 0 Å². The molecule has 0 bridgehead atoms. The van der Waals surface area contributed by atoms with Gasteiger partial charge in [0.05, 0.1) is 0 Å². The third kappa shape index (κ3) is 3.72. The predicted octanol–water partition coefficient (Wildman–Crippen LogP) is 3.80. The quantitative estimate of drug-likeness (QED) is 0.803. The highest BCUT2D eigenvalue weighted by molar-refractivity contribution is 9.10. The third-order valence-corrected chi connectivity index (χ3v) is 3.39. The van der Waals surface area contributed by atoms with Crippen LogP contribution in [0.3, 0.4) is 0 Å². The summed E-state index contributed by atoms with van der Waals surface area (Å²) in [7, 11) is 0. The van der Waals surface area contributed by atoms with Crippen LogP contribution in [0.15, 0.2) is 47.1 Å². The van der Waals surface area contributed by atoms with Gasteiger partial charge in [0.15, 0.2) is 0 Å². The average molecular weight is 307 g/mol. The van der Waals surface area contributed by atoms with Crippen molar-refractivity contribution in [1.29, 1.82) is 0 Å². The van der Waals surface area contributed by atoms with Gasteiger partial charge in [0, 0.05) is 29.5 Å². The summed E-state index contributed by atoms with van der Waals surface area (Å²) < 4.78 is 3.43. The minimum Gasteiger partial charge on any atom is -0.346 e. The molecule has 3 heteroatoms. The molecule has 2 nitrogen and oxygen atoms in total. The van der Waals surface area contributed by atoms with Crippen molar-refractivity contribution in [2.24, 2.45) is 0 Å². The molecule has 2 aromatic rings. The zero-order valence-electron chi connectivity index (χ0n) is 10.7. The van der Waals surface area contributed by atoms with E-state index in [0.29, 0.717) is 0 Å². The minimum absolute atomic E-state index is 0.926. The third-order valence-electron chi connectivity index (χ3n) is 2.90. The summed E-state index contributed by atoms with van der Waals surface area (Å²) in [4.78, 5) is 0. The molecule has 1 aromatic carbocycles. The van der Waals surface area contributed by atoms with E-state index in [0.717, 1.165) is 24.1 Å². The highest BCUT2D eigenvalue weighted by atomic mass is 79.9. The molecule has 0 atom stereocenters. The number of rotatable bonds is 6. The lowest BCUT2D eigenvalue weighted by atomic mass is 10.2. The highest BCUT2D eigenvalue weighted by Gasteiger charge is 2.01. The number of aromatic nitrogens is 1. The van der Waals surface area contributed by atoms with Gasteiger partial charge in [-0.2, -0.15) is 0 Å². The maximum atomic E-state index is 3.51. The number of hydrogen-bond acceptors (Lipinski definition) is 1. The van der Waals surface area contributed by atoms with Crippen LogP contribution >= 0.6 is 15.9 Å². The van der Waals surface area contributed by atoms with E-state index in [-0.39, 0.29) is 0 Å². The van der Waals surface area contributed by atoms with Crippen molar-refractivity contribution < 1.29 is 0 Å². The van der Waals surface area contributed by atoms with E-state index in [1.807, 2.05) is 0 Å². The maximum Gasteiger partial charge on any atom is 0.0473 e. The Morgan fingerprint density at radius 1 is 1.22 bits per heavy atom. The van der Waals surface area contributed by atoms with Crippen LogP contribution in [0.1, 0.15) is 24.6 Å². The van der Waals surface area contributed by atoms with Crippen molar-refractivity contribution in [3.8, 4) is 0 Å². The molecular weight excluding hydrogens is 288 g/mol. The average Bonchev–Trinajstić information content (AvgIpc) is 2.77. The van der Waals surface area contributed by atoms with Gasteiger partial charge in [0.1, 0.15) is 0 Å². The predicted molar refractivity (Wildman–Crippen MR) is 79.7 cm³/mol. The summed E-state index contributed by atoms with van der Waals surface area (Å²) in [5, 5.41) is 3.44. The first kappa shape index (κ1) is 13.4. The van der Waals surface area contributed by atoms with Gasteiger partial charge in [-0.25, -0.2) is 0 Å². The summed E-state index contributed by atoms with van der Waals surface area (Å²) in [5.74, 6) is 0. The standard InChI is InChI=1S/C15H19BrN2/c1-2-8-17-11-15-7-4-9-18(15)12-13-5-3-6-14(16)10-13/h3-7,9-10,17H,2,8,11-12H2,1H3. The molecule has 0 aliphatic rings. The van der Waals surface area contributed by atoms with Crippen LogP contribution in [0.4, 0.5) is 0 Å². The normalized spacial score (nSPS) is 10.8. The van der Waals surface area contributed by atoms with Crippen LogP contribution < -0.4 is 5.32 Å².